The van der Waals surface area contributed by atoms with Gasteiger partial charge in [-0.05, 0) is 18.6 Å². The maximum Gasteiger partial charge on any atom is 0.235 e. The molecule has 1 amide bonds. The normalized spacial score (nSPS) is 22.8. The molecule has 76 valence electrons. The molecule has 2 N–H and O–H groups in total. The fourth-order valence-electron chi connectivity index (χ4n) is 1.49. The van der Waals surface area contributed by atoms with Crippen molar-refractivity contribution < 1.29 is 4.79 Å². The van der Waals surface area contributed by atoms with Gasteiger partial charge < -0.3 is 10.6 Å². The lowest BCUT2D eigenvalue weighted by Crippen LogP contribution is -2.38. The zero-order chi connectivity index (χ0) is 9.68. The van der Waals surface area contributed by atoms with Gasteiger partial charge in [-0.3, -0.25) is 4.79 Å². The number of amides is 1. The molecule has 0 aliphatic carbocycles. The van der Waals surface area contributed by atoms with Gasteiger partial charge >= 0.3 is 0 Å². The summed E-state index contributed by atoms with van der Waals surface area (Å²) in [5, 5.41) is 0.199. The molecule has 1 atom stereocenters. The number of hydrogen-bond donors (Lipinski definition) is 1. The van der Waals surface area contributed by atoms with E-state index in [1.807, 2.05) is 7.05 Å². The molecule has 1 fully saturated rings. The summed E-state index contributed by atoms with van der Waals surface area (Å²) in [5.41, 5.74) is 5.40. The quantitative estimate of drug-likeness (QED) is 0.732. The van der Waals surface area contributed by atoms with E-state index in [0.29, 0.717) is 13.1 Å². The van der Waals surface area contributed by atoms with Crippen molar-refractivity contribution in [2.24, 2.45) is 5.73 Å². The number of hydrogen-bond acceptors (Lipinski definition) is 3. The average Bonchev–Trinajstić information content (AvgIpc) is 2.18. The van der Waals surface area contributed by atoms with Crippen LogP contribution in [0.2, 0.25) is 0 Å². The van der Waals surface area contributed by atoms with Crippen LogP contribution in [0.1, 0.15) is 19.3 Å². The molecule has 1 aliphatic heterocycles. The molecule has 0 aromatic heterocycles. The highest BCUT2D eigenvalue weighted by Gasteiger charge is 2.23. The summed E-state index contributed by atoms with van der Waals surface area (Å²) in [6.07, 6.45) is 3.49. The molecule has 1 aliphatic rings. The Morgan fingerprint density at radius 3 is 2.92 bits per heavy atom. The van der Waals surface area contributed by atoms with Crippen LogP contribution < -0.4 is 5.73 Å². The first-order valence-corrected chi connectivity index (χ1v) is 5.87. The Kier molecular flexibility index (Phi) is 4.59. The van der Waals surface area contributed by atoms with E-state index < -0.39 is 0 Å². The van der Waals surface area contributed by atoms with Gasteiger partial charge in [-0.2, -0.15) is 0 Å². The van der Waals surface area contributed by atoms with Gasteiger partial charge in [-0.15, -0.1) is 11.8 Å². The van der Waals surface area contributed by atoms with Crippen LogP contribution in [-0.4, -0.2) is 41.9 Å². The maximum absolute atomic E-state index is 11.7. The molecule has 3 nitrogen and oxygen atoms in total. The van der Waals surface area contributed by atoms with Crippen LogP contribution in [-0.2, 0) is 4.79 Å². The number of nitrogens with zero attached hydrogens (tertiary/aromatic N) is 1. The molecular weight excluding hydrogens is 184 g/mol. The van der Waals surface area contributed by atoms with Gasteiger partial charge in [0.05, 0.1) is 5.25 Å². The zero-order valence-electron chi connectivity index (χ0n) is 8.16. The monoisotopic (exact) mass is 202 g/mol. The predicted octanol–water partition coefficient (Wildman–Crippen LogP) is 0.689. The van der Waals surface area contributed by atoms with E-state index >= 15 is 0 Å². The van der Waals surface area contributed by atoms with Crippen LogP contribution >= 0.6 is 11.8 Å². The van der Waals surface area contributed by atoms with Crippen molar-refractivity contribution in [3.8, 4) is 0 Å². The van der Waals surface area contributed by atoms with Crippen LogP contribution in [0.3, 0.4) is 0 Å². The second-order valence-electron chi connectivity index (χ2n) is 3.40. The molecule has 4 heteroatoms. The van der Waals surface area contributed by atoms with Gasteiger partial charge in [0.2, 0.25) is 5.91 Å². The molecule has 1 unspecified atom stereocenters. The standard InChI is InChI=1S/C9H18N2OS/c1-11(6-5-10)9(12)8-4-2-3-7-13-8/h8H,2-7,10H2,1H3. The molecule has 0 aromatic rings. The molecule has 1 saturated heterocycles. The number of carbonyl (C=O) groups excluding carboxylic acids is 1. The van der Waals surface area contributed by atoms with Crippen molar-refractivity contribution in [2.45, 2.75) is 24.5 Å². The summed E-state index contributed by atoms with van der Waals surface area (Å²) in [6, 6.07) is 0. The molecule has 0 radical (unpaired) electrons. The Hall–Kier alpha value is -0.220. The first kappa shape index (κ1) is 10.9. The highest BCUT2D eigenvalue weighted by Crippen LogP contribution is 2.26. The van der Waals surface area contributed by atoms with Crippen molar-refractivity contribution in [1.29, 1.82) is 0 Å². The van der Waals surface area contributed by atoms with Gasteiger partial charge in [0.25, 0.3) is 0 Å². The van der Waals surface area contributed by atoms with Gasteiger partial charge in [-0.25, -0.2) is 0 Å². The van der Waals surface area contributed by atoms with Crippen LogP contribution in [0, 0.1) is 0 Å². The second kappa shape index (κ2) is 5.50. The first-order valence-electron chi connectivity index (χ1n) is 4.82. The van der Waals surface area contributed by atoms with Crippen LogP contribution in [0.25, 0.3) is 0 Å². The van der Waals surface area contributed by atoms with Crippen LogP contribution in [0.4, 0.5) is 0 Å². The van der Waals surface area contributed by atoms with Crippen molar-refractivity contribution in [3.63, 3.8) is 0 Å². The van der Waals surface area contributed by atoms with E-state index in [-0.39, 0.29) is 11.2 Å². The highest BCUT2D eigenvalue weighted by atomic mass is 32.2. The third-order valence-corrected chi connectivity index (χ3v) is 3.66. The molecule has 0 spiro atoms. The number of nitrogens with two attached hydrogens (primary N) is 1. The number of rotatable bonds is 3. The fraction of sp³-hybridized carbons (Fsp3) is 0.889. The summed E-state index contributed by atoms with van der Waals surface area (Å²) in [5.74, 6) is 1.39. The highest BCUT2D eigenvalue weighted by molar-refractivity contribution is 8.00. The second-order valence-corrected chi connectivity index (χ2v) is 4.71. The summed E-state index contributed by atoms with van der Waals surface area (Å²) in [7, 11) is 1.84. The Morgan fingerprint density at radius 2 is 2.38 bits per heavy atom. The van der Waals surface area contributed by atoms with E-state index in [1.165, 1.54) is 12.8 Å². The maximum atomic E-state index is 11.7. The smallest absolute Gasteiger partial charge is 0.235 e. The summed E-state index contributed by atoms with van der Waals surface area (Å²) in [4.78, 5) is 13.5. The Bertz CT molecular complexity index is 169. The molecule has 0 aromatic carbocycles. The largest absolute Gasteiger partial charge is 0.344 e. The predicted molar refractivity (Wildman–Crippen MR) is 56.8 cm³/mol. The Balaban J connectivity index is 2.36. The third kappa shape index (κ3) is 3.19. The molecule has 0 bridgehead atoms. The van der Waals surface area contributed by atoms with Crippen molar-refractivity contribution in [2.75, 3.05) is 25.9 Å². The van der Waals surface area contributed by atoms with Gasteiger partial charge in [0.1, 0.15) is 0 Å². The lowest BCUT2D eigenvalue weighted by Gasteiger charge is -2.25. The average molecular weight is 202 g/mol. The first-order chi connectivity index (χ1) is 6.25. The Morgan fingerprint density at radius 1 is 1.62 bits per heavy atom. The number of carbonyl (C=O) groups is 1. The number of likely N-dealkylation sites (N-methyl/N-ethyl adjacent to an activating group) is 1. The topological polar surface area (TPSA) is 46.3 Å². The van der Waals surface area contributed by atoms with Crippen molar-refractivity contribution >= 4 is 17.7 Å². The minimum absolute atomic E-state index is 0.199. The van der Waals surface area contributed by atoms with Crippen LogP contribution in [0.15, 0.2) is 0 Å². The van der Waals surface area contributed by atoms with E-state index in [1.54, 1.807) is 16.7 Å². The lowest BCUT2D eigenvalue weighted by molar-refractivity contribution is -0.129. The van der Waals surface area contributed by atoms with Crippen LogP contribution in [0.5, 0.6) is 0 Å². The van der Waals surface area contributed by atoms with Crippen molar-refractivity contribution in [1.82, 2.24) is 4.90 Å². The van der Waals surface area contributed by atoms with Gasteiger partial charge in [-0.1, -0.05) is 6.42 Å². The zero-order valence-corrected chi connectivity index (χ0v) is 8.98. The third-order valence-electron chi connectivity index (χ3n) is 2.30. The van der Waals surface area contributed by atoms with Gasteiger partial charge in [0, 0.05) is 20.1 Å². The van der Waals surface area contributed by atoms with Crippen molar-refractivity contribution in [3.05, 3.63) is 0 Å². The number of thioether (sulfide) groups is 1. The summed E-state index contributed by atoms with van der Waals surface area (Å²) in [6.45, 7) is 1.23. The summed E-state index contributed by atoms with van der Waals surface area (Å²) < 4.78 is 0. The SMILES string of the molecule is CN(CCN)C(=O)C1CCCCS1. The van der Waals surface area contributed by atoms with E-state index in [0.717, 1.165) is 12.2 Å². The van der Waals surface area contributed by atoms with E-state index in [2.05, 4.69) is 0 Å². The Labute approximate surface area is 84.0 Å². The summed E-state index contributed by atoms with van der Waals surface area (Å²) >= 11 is 1.79. The molecule has 13 heavy (non-hydrogen) atoms. The minimum Gasteiger partial charge on any atom is -0.344 e. The van der Waals surface area contributed by atoms with E-state index in [4.69, 9.17) is 5.73 Å². The van der Waals surface area contributed by atoms with Gasteiger partial charge in [0.15, 0.2) is 0 Å². The minimum atomic E-state index is 0.199. The van der Waals surface area contributed by atoms with E-state index in [9.17, 15) is 4.79 Å². The fourth-order valence-corrected chi connectivity index (χ4v) is 2.80. The molecule has 1 heterocycles. The molecule has 1 rings (SSSR count). The molecule has 0 saturated carbocycles. The molecular formula is C9H18N2OS. The lowest BCUT2D eigenvalue weighted by atomic mass is 10.2.